The molecule has 0 aliphatic carbocycles. The molecule has 1 aromatic heterocycles. The Morgan fingerprint density at radius 1 is 1.28 bits per heavy atom. The van der Waals surface area contributed by atoms with Crippen LogP contribution in [-0.4, -0.2) is 35.2 Å². The van der Waals surface area contributed by atoms with Crippen molar-refractivity contribution in [2.24, 2.45) is 0 Å². The molecule has 8 heteroatoms. The second-order valence-corrected chi connectivity index (χ2v) is 5.74. The number of aryl methyl sites for hydroxylation is 1. The van der Waals surface area contributed by atoms with Gasteiger partial charge in [-0.2, -0.15) is 5.10 Å². The number of nitrogens with zero attached hydrogens (tertiary/aromatic N) is 2. The molecule has 0 saturated carbocycles. The van der Waals surface area contributed by atoms with Crippen LogP contribution in [0.2, 0.25) is 5.02 Å². The van der Waals surface area contributed by atoms with Gasteiger partial charge in [-0.15, -0.1) is 0 Å². The first kappa shape index (κ1) is 18.8. The third-order valence-electron chi connectivity index (χ3n) is 3.49. The van der Waals surface area contributed by atoms with Crippen LogP contribution in [0.15, 0.2) is 24.4 Å². The molecular weight excluding hydrogens is 344 g/mol. The zero-order chi connectivity index (χ0) is 18.4. The summed E-state index contributed by atoms with van der Waals surface area (Å²) in [4.78, 5) is 24.9. The van der Waals surface area contributed by atoms with E-state index in [1.807, 2.05) is 13.8 Å². The van der Waals surface area contributed by atoms with Crippen molar-refractivity contribution in [3.63, 3.8) is 0 Å². The van der Waals surface area contributed by atoms with Crippen LogP contribution < -0.4 is 15.4 Å². The van der Waals surface area contributed by atoms with Crippen molar-refractivity contribution >= 4 is 29.1 Å². The molecule has 2 rings (SSSR count). The molecule has 0 aliphatic rings. The van der Waals surface area contributed by atoms with Gasteiger partial charge in [0.25, 0.3) is 11.8 Å². The second kappa shape index (κ2) is 8.53. The fourth-order valence-electron chi connectivity index (χ4n) is 2.21. The molecule has 0 saturated heterocycles. The second-order valence-electron chi connectivity index (χ2n) is 5.30. The quantitative estimate of drug-likeness (QED) is 0.791. The van der Waals surface area contributed by atoms with Crippen LogP contribution in [-0.2, 0) is 6.54 Å². The normalized spacial score (nSPS) is 10.4. The van der Waals surface area contributed by atoms with Crippen molar-refractivity contribution < 1.29 is 14.3 Å². The first-order valence-electron chi connectivity index (χ1n) is 8.00. The van der Waals surface area contributed by atoms with E-state index in [4.69, 9.17) is 16.3 Å². The number of nitrogens with one attached hydrogen (secondary N) is 2. The van der Waals surface area contributed by atoms with Crippen molar-refractivity contribution in [3.8, 4) is 5.75 Å². The molecule has 2 N–H and O–H groups in total. The lowest BCUT2D eigenvalue weighted by Crippen LogP contribution is -2.26. The van der Waals surface area contributed by atoms with Gasteiger partial charge in [0.15, 0.2) is 5.69 Å². The molecule has 1 aromatic carbocycles. The van der Waals surface area contributed by atoms with E-state index in [0.29, 0.717) is 29.5 Å². The number of aromatic nitrogens is 2. The standard InChI is InChI=1S/C17H21ClN4O3/c1-4-8-19-17(24)15-13(10-22(5-2)21-15)20-16(23)12-9-11(18)6-7-14(12)25-3/h6-7,9-10H,4-5,8H2,1-3H3,(H,19,24)(H,20,23). The summed E-state index contributed by atoms with van der Waals surface area (Å²) in [5, 5.41) is 10.1. The van der Waals surface area contributed by atoms with Gasteiger partial charge in [-0.25, -0.2) is 0 Å². The van der Waals surface area contributed by atoms with Gasteiger partial charge in [0.05, 0.1) is 18.4 Å². The van der Waals surface area contributed by atoms with Gasteiger partial charge in [-0.05, 0) is 31.5 Å². The monoisotopic (exact) mass is 364 g/mol. The van der Waals surface area contributed by atoms with Crippen LogP contribution in [0.3, 0.4) is 0 Å². The predicted octanol–water partition coefficient (Wildman–Crippen LogP) is 2.96. The zero-order valence-electron chi connectivity index (χ0n) is 14.4. The van der Waals surface area contributed by atoms with Gasteiger partial charge >= 0.3 is 0 Å². The third kappa shape index (κ3) is 4.51. The number of amides is 2. The molecule has 0 radical (unpaired) electrons. The van der Waals surface area contributed by atoms with Gasteiger partial charge < -0.3 is 15.4 Å². The largest absolute Gasteiger partial charge is 0.496 e. The van der Waals surface area contributed by atoms with Crippen LogP contribution in [0.1, 0.15) is 41.1 Å². The fourth-order valence-corrected chi connectivity index (χ4v) is 2.38. The summed E-state index contributed by atoms with van der Waals surface area (Å²) in [6.07, 6.45) is 2.43. The molecule has 0 unspecified atom stereocenters. The summed E-state index contributed by atoms with van der Waals surface area (Å²) in [5.41, 5.74) is 0.784. The van der Waals surface area contributed by atoms with Gasteiger partial charge in [-0.3, -0.25) is 14.3 Å². The number of rotatable bonds is 7. The topological polar surface area (TPSA) is 85.3 Å². The fraction of sp³-hybridized carbons (Fsp3) is 0.353. The van der Waals surface area contributed by atoms with Crippen molar-refractivity contribution in [3.05, 3.63) is 40.7 Å². The smallest absolute Gasteiger partial charge is 0.273 e. The van der Waals surface area contributed by atoms with E-state index in [1.54, 1.807) is 23.0 Å². The average molecular weight is 365 g/mol. The number of hydrogen-bond donors (Lipinski definition) is 2. The number of hydrogen-bond acceptors (Lipinski definition) is 4. The van der Waals surface area contributed by atoms with E-state index in [2.05, 4.69) is 15.7 Å². The predicted molar refractivity (Wildman–Crippen MR) is 96.5 cm³/mol. The van der Waals surface area contributed by atoms with Gasteiger partial charge in [0.2, 0.25) is 0 Å². The van der Waals surface area contributed by atoms with E-state index >= 15 is 0 Å². The number of halogens is 1. The molecule has 0 bridgehead atoms. The summed E-state index contributed by atoms with van der Waals surface area (Å²) >= 11 is 5.97. The Labute approximate surface area is 151 Å². The molecule has 1 heterocycles. The van der Waals surface area contributed by atoms with Crippen molar-refractivity contribution in [2.75, 3.05) is 19.0 Å². The van der Waals surface area contributed by atoms with Crippen molar-refractivity contribution in [1.29, 1.82) is 0 Å². The lowest BCUT2D eigenvalue weighted by molar-refractivity contribution is 0.0948. The Hall–Kier alpha value is -2.54. The molecule has 7 nitrogen and oxygen atoms in total. The van der Waals surface area contributed by atoms with Gasteiger partial charge in [0, 0.05) is 24.3 Å². The maximum atomic E-state index is 12.6. The minimum absolute atomic E-state index is 0.171. The van der Waals surface area contributed by atoms with Crippen LogP contribution in [0.5, 0.6) is 5.75 Å². The van der Waals surface area contributed by atoms with Crippen molar-refractivity contribution in [2.45, 2.75) is 26.8 Å². The van der Waals surface area contributed by atoms with Crippen LogP contribution in [0.4, 0.5) is 5.69 Å². The summed E-state index contributed by atoms with van der Waals surface area (Å²) in [6, 6.07) is 4.76. The van der Waals surface area contributed by atoms with Crippen LogP contribution in [0.25, 0.3) is 0 Å². The first-order valence-corrected chi connectivity index (χ1v) is 8.38. The number of carbonyl (C=O) groups excluding carboxylic acids is 2. The average Bonchev–Trinajstić information content (AvgIpc) is 3.02. The molecular formula is C17H21ClN4O3. The Bertz CT molecular complexity index is 773. The maximum absolute atomic E-state index is 12.6. The van der Waals surface area contributed by atoms with E-state index in [9.17, 15) is 9.59 Å². The molecule has 2 amide bonds. The number of ether oxygens (including phenoxy) is 1. The van der Waals surface area contributed by atoms with Crippen LogP contribution in [0, 0.1) is 0 Å². The van der Waals surface area contributed by atoms with E-state index in [1.165, 1.54) is 13.2 Å². The molecule has 0 atom stereocenters. The molecule has 0 spiro atoms. The zero-order valence-corrected chi connectivity index (χ0v) is 15.2. The van der Waals surface area contributed by atoms with Gasteiger partial charge in [0.1, 0.15) is 5.75 Å². The summed E-state index contributed by atoms with van der Waals surface area (Å²) in [7, 11) is 1.47. The summed E-state index contributed by atoms with van der Waals surface area (Å²) in [6.45, 7) is 4.96. The SMILES string of the molecule is CCCNC(=O)c1nn(CC)cc1NC(=O)c1cc(Cl)ccc1OC. The summed E-state index contributed by atoms with van der Waals surface area (Å²) in [5.74, 6) is -0.372. The van der Waals surface area contributed by atoms with Crippen molar-refractivity contribution in [1.82, 2.24) is 15.1 Å². The molecule has 0 aliphatic heterocycles. The third-order valence-corrected chi connectivity index (χ3v) is 3.73. The number of methoxy groups -OCH3 is 1. The van der Waals surface area contributed by atoms with Gasteiger partial charge in [-0.1, -0.05) is 18.5 Å². The highest BCUT2D eigenvalue weighted by molar-refractivity contribution is 6.31. The Kier molecular flexibility index (Phi) is 6.41. The molecule has 134 valence electrons. The minimum atomic E-state index is -0.431. The van der Waals surface area contributed by atoms with Crippen LogP contribution >= 0.6 is 11.6 Å². The molecule has 0 fully saturated rings. The lowest BCUT2D eigenvalue weighted by Gasteiger charge is -2.09. The minimum Gasteiger partial charge on any atom is -0.496 e. The molecule has 2 aromatic rings. The van der Waals surface area contributed by atoms with E-state index < -0.39 is 5.91 Å². The molecule has 25 heavy (non-hydrogen) atoms. The Morgan fingerprint density at radius 2 is 2.04 bits per heavy atom. The highest BCUT2D eigenvalue weighted by atomic mass is 35.5. The highest BCUT2D eigenvalue weighted by Crippen LogP contribution is 2.24. The number of carbonyl (C=O) groups is 2. The maximum Gasteiger partial charge on any atom is 0.273 e. The van der Waals surface area contributed by atoms with E-state index in [-0.39, 0.29) is 17.2 Å². The Morgan fingerprint density at radius 3 is 2.68 bits per heavy atom. The number of benzene rings is 1. The highest BCUT2D eigenvalue weighted by Gasteiger charge is 2.20. The summed E-state index contributed by atoms with van der Waals surface area (Å²) < 4.78 is 6.79. The number of anilines is 1. The lowest BCUT2D eigenvalue weighted by atomic mass is 10.2. The van der Waals surface area contributed by atoms with E-state index in [0.717, 1.165) is 6.42 Å². The first-order chi connectivity index (χ1) is 12.0. The Balaban J connectivity index is 2.30.